The molecule has 1 N–H and O–H groups in total. The van der Waals surface area contributed by atoms with Crippen LogP contribution >= 0.6 is 0 Å². The highest BCUT2D eigenvalue weighted by atomic mass is 16.3. The Morgan fingerprint density at radius 2 is 2.18 bits per heavy atom. The summed E-state index contributed by atoms with van der Waals surface area (Å²) in [4.78, 5) is 2.33. The number of hydrogen-bond acceptors (Lipinski definition) is 2. The van der Waals surface area contributed by atoms with Gasteiger partial charge in [-0.2, -0.15) is 0 Å². The summed E-state index contributed by atoms with van der Waals surface area (Å²) in [6, 6.07) is 8.46. The molecule has 3 rings (SSSR count). The van der Waals surface area contributed by atoms with Gasteiger partial charge in [-0.25, -0.2) is 0 Å². The van der Waals surface area contributed by atoms with Gasteiger partial charge in [0.05, 0.1) is 5.60 Å². The molecule has 1 fully saturated rings. The Morgan fingerprint density at radius 1 is 1.35 bits per heavy atom. The minimum absolute atomic E-state index is 0.411. The lowest BCUT2D eigenvalue weighted by Crippen LogP contribution is -2.39. The molecule has 17 heavy (non-hydrogen) atoms. The van der Waals surface area contributed by atoms with E-state index in [1.165, 1.54) is 11.1 Å². The van der Waals surface area contributed by atoms with E-state index in [2.05, 4.69) is 36.2 Å². The summed E-state index contributed by atoms with van der Waals surface area (Å²) in [5, 5.41) is 11.1. The van der Waals surface area contributed by atoms with Gasteiger partial charge in [0, 0.05) is 12.5 Å². The van der Waals surface area contributed by atoms with Crippen LogP contribution in [0.15, 0.2) is 24.3 Å². The van der Waals surface area contributed by atoms with Crippen LogP contribution in [0.4, 0.5) is 0 Å². The smallest absolute Gasteiger partial charge is 0.0940 e. The standard InChI is InChI=1S/C15H21NO/c1-16-10-8-13(11-16)15(17)9-4-6-12-5-2-3-7-14(12)15/h2-3,5,7,13,17H,4,6,8-11H2,1H3/t13-,15-/m1/s1. The zero-order valence-corrected chi connectivity index (χ0v) is 10.5. The summed E-state index contributed by atoms with van der Waals surface area (Å²) >= 11 is 0. The van der Waals surface area contributed by atoms with Gasteiger partial charge < -0.3 is 10.0 Å². The number of nitrogens with zero attached hydrogens (tertiary/aromatic N) is 1. The monoisotopic (exact) mass is 231 g/mol. The molecule has 2 nitrogen and oxygen atoms in total. The molecule has 0 bridgehead atoms. The highest BCUT2D eigenvalue weighted by Gasteiger charge is 2.43. The minimum atomic E-state index is -0.570. The first-order valence-electron chi connectivity index (χ1n) is 6.69. The molecular formula is C15H21NO. The van der Waals surface area contributed by atoms with Gasteiger partial charge in [0.25, 0.3) is 0 Å². The Labute approximate surface area is 103 Å². The molecule has 2 atom stereocenters. The Bertz CT molecular complexity index is 417. The number of benzene rings is 1. The first-order chi connectivity index (χ1) is 8.20. The van der Waals surface area contributed by atoms with Crippen LogP contribution in [0.3, 0.4) is 0 Å². The second-order valence-electron chi connectivity index (χ2n) is 5.68. The van der Waals surface area contributed by atoms with Crippen molar-refractivity contribution >= 4 is 0 Å². The fourth-order valence-electron chi connectivity index (χ4n) is 3.59. The molecule has 0 radical (unpaired) electrons. The van der Waals surface area contributed by atoms with Gasteiger partial charge in [-0.15, -0.1) is 0 Å². The normalized spacial score (nSPS) is 33.6. The topological polar surface area (TPSA) is 23.5 Å². The zero-order valence-electron chi connectivity index (χ0n) is 10.5. The second-order valence-corrected chi connectivity index (χ2v) is 5.68. The van der Waals surface area contributed by atoms with Gasteiger partial charge >= 0.3 is 0 Å². The van der Waals surface area contributed by atoms with Crippen molar-refractivity contribution in [1.82, 2.24) is 4.90 Å². The molecule has 1 saturated heterocycles. The highest BCUT2D eigenvalue weighted by Crippen LogP contribution is 2.43. The molecule has 0 amide bonds. The van der Waals surface area contributed by atoms with Gasteiger partial charge in [0.2, 0.25) is 0 Å². The zero-order chi connectivity index (χ0) is 11.9. The largest absolute Gasteiger partial charge is 0.385 e. The number of aryl methyl sites for hydroxylation is 1. The molecule has 92 valence electrons. The molecule has 0 saturated carbocycles. The molecule has 2 aliphatic rings. The maximum absolute atomic E-state index is 11.1. The van der Waals surface area contributed by atoms with Crippen LogP contribution in [0.25, 0.3) is 0 Å². The maximum Gasteiger partial charge on any atom is 0.0940 e. The van der Waals surface area contributed by atoms with Crippen LogP contribution in [-0.4, -0.2) is 30.1 Å². The van der Waals surface area contributed by atoms with E-state index in [0.717, 1.165) is 38.8 Å². The second kappa shape index (κ2) is 4.11. The Morgan fingerprint density at radius 3 is 2.94 bits per heavy atom. The lowest BCUT2D eigenvalue weighted by Gasteiger charge is -2.39. The van der Waals surface area contributed by atoms with Crippen LogP contribution in [-0.2, 0) is 12.0 Å². The molecule has 1 heterocycles. The Balaban J connectivity index is 1.98. The van der Waals surface area contributed by atoms with Crippen molar-refractivity contribution in [3.05, 3.63) is 35.4 Å². The molecule has 0 aromatic heterocycles. The summed E-state index contributed by atoms with van der Waals surface area (Å²) in [5.41, 5.74) is 1.99. The average Bonchev–Trinajstić information content (AvgIpc) is 2.77. The van der Waals surface area contributed by atoms with E-state index in [-0.39, 0.29) is 0 Å². The molecule has 0 spiro atoms. The number of likely N-dealkylation sites (tertiary alicyclic amines) is 1. The fraction of sp³-hybridized carbons (Fsp3) is 0.600. The number of aliphatic hydroxyl groups is 1. The predicted octanol–water partition coefficient (Wildman–Crippen LogP) is 2.16. The van der Waals surface area contributed by atoms with Crippen molar-refractivity contribution in [1.29, 1.82) is 0 Å². The van der Waals surface area contributed by atoms with E-state index in [4.69, 9.17) is 0 Å². The van der Waals surface area contributed by atoms with E-state index in [1.54, 1.807) is 0 Å². The SMILES string of the molecule is CN1CC[C@@H]([C@]2(O)CCCc3ccccc32)C1. The van der Waals surface area contributed by atoms with Gasteiger partial charge in [0.15, 0.2) is 0 Å². The highest BCUT2D eigenvalue weighted by molar-refractivity contribution is 5.35. The first-order valence-corrected chi connectivity index (χ1v) is 6.69. The molecule has 1 aromatic rings. The summed E-state index contributed by atoms with van der Waals surface area (Å²) in [6.45, 7) is 2.15. The third-order valence-corrected chi connectivity index (χ3v) is 4.55. The molecule has 2 heteroatoms. The van der Waals surface area contributed by atoms with Crippen molar-refractivity contribution in [2.45, 2.75) is 31.3 Å². The van der Waals surface area contributed by atoms with Crippen LogP contribution in [0.2, 0.25) is 0 Å². The van der Waals surface area contributed by atoms with Gasteiger partial charge in [-0.05, 0) is 50.4 Å². The van der Waals surface area contributed by atoms with Crippen LogP contribution in [0, 0.1) is 5.92 Å². The average molecular weight is 231 g/mol. The number of fused-ring (bicyclic) bond motifs is 1. The van der Waals surface area contributed by atoms with Crippen LogP contribution < -0.4 is 0 Å². The van der Waals surface area contributed by atoms with Gasteiger partial charge in [-0.3, -0.25) is 0 Å². The molecule has 0 unspecified atom stereocenters. The summed E-state index contributed by atoms with van der Waals surface area (Å²) in [5.74, 6) is 0.411. The minimum Gasteiger partial charge on any atom is -0.385 e. The summed E-state index contributed by atoms with van der Waals surface area (Å²) in [7, 11) is 2.15. The van der Waals surface area contributed by atoms with Crippen LogP contribution in [0.5, 0.6) is 0 Å². The maximum atomic E-state index is 11.1. The molecule has 1 aliphatic heterocycles. The van der Waals surface area contributed by atoms with E-state index >= 15 is 0 Å². The van der Waals surface area contributed by atoms with Gasteiger partial charge in [-0.1, -0.05) is 24.3 Å². The molecule has 1 aromatic carbocycles. The van der Waals surface area contributed by atoms with Crippen molar-refractivity contribution in [2.24, 2.45) is 5.92 Å². The molecular weight excluding hydrogens is 210 g/mol. The summed E-state index contributed by atoms with van der Waals surface area (Å²) < 4.78 is 0. The number of hydrogen-bond donors (Lipinski definition) is 1. The van der Waals surface area contributed by atoms with Crippen molar-refractivity contribution in [3.8, 4) is 0 Å². The van der Waals surface area contributed by atoms with E-state index in [0.29, 0.717) is 5.92 Å². The third-order valence-electron chi connectivity index (χ3n) is 4.55. The van der Waals surface area contributed by atoms with Crippen molar-refractivity contribution in [2.75, 3.05) is 20.1 Å². The quantitative estimate of drug-likeness (QED) is 0.800. The van der Waals surface area contributed by atoms with E-state index < -0.39 is 5.60 Å². The van der Waals surface area contributed by atoms with Gasteiger partial charge in [0.1, 0.15) is 0 Å². The summed E-state index contributed by atoms with van der Waals surface area (Å²) in [6.07, 6.45) is 4.30. The number of rotatable bonds is 1. The van der Waals surface area contributed by atoms with E-state index in [9.17, 15) is 5.11 Å². The third kappa shape index (κ3) is 1.80. The lowest BCUT2D eigenvalue weighted by atomic mass is 9.71. The predicted molar refractivity (Wildman–Crippen MR) is 68.9 cm³/mol. The van der Waals surface area contributed by atoms with Crippen molar-refractivity contribution < 1.29 is 5.11 Å². The Hall–Kier alpha value is -0.860. The fourth-order valence-corrected chi connectivity index (χ4v) is 3.59. The van der Waals surface area contributed by atoms with Crippen molar-refractivity contribution in [3.63, 3.8) is 0 Å². The Kier molecular flexibility index (Phi) is 2.72. The lowest BCUT2D eigenvalue weighted by molar-refractivity contribution is -0.0350. The first kappa shape index (κ1) is 11.2. The van der Waals surface area contributed by atoms with E-state index in [1.807, 2.05) is 0 Å². The van der Waals surface area contributed by atoms with Crippen LogP contribution in [0.1, 0.15) is 30.4 Å². The molecule has 1 aliphatic carbocycles.